The van der Waals surface area contributed by atoms with E-state index in [2.05, 4.69) is 45.6 Å². The van der Waals surface area contributed by atoms with Crippen molar-refractivity contribution in [3.63, 3.8) is 0 Å². The van der Waals surface area contributed by atoms with E-state index in [4.69, 9.17) is 9.47 Å². The summed E-state index contributed by atoms with van der Waals surface area (Å²) in [5.74, 6) is 2.38. The SMILES string of the molecule is CCCOc1c(Br)cc(CNCC2CCNCC2)cc1OC. The van der Waals surface area contributed by atoms with Gasteiger partial charge < -0.3 is 20.1 Å². The van der Waals surface area contributed by atoms with Gasteiger partial charge in [-0.05, 0) is 78.4 Å². The Bertz CT molecular complexity index is 462. The van der Waals surface area contributed by atoms with Crippen LogP contribution >= 0.6 is 15.9 Å². The molecule has 124 valence electrons. The Labute approximate surface area is 142 Å². The van der Waals surface area contributed by atoms with E-state index < -0.39 is 0 Å². The van der Waals surface area contributed by atoms with Crippen molar-refractivity contribution in [3.05, 3.63) is 22.2 Å². The van der Waals surface area contributed by atoms with Crippen LogP contribution in [0.5, 0.6) is 11.5 Å². The molecule has 1 aromatic rings. The van der Waals surface area contributed by atoms with E-state index >= 15 is 0 Å². The smallest absolute Gasteiger partial charge is 0.175 e. The van der Waals surface area contributed by atoms with Crippen LogP contribution < -0.4 is 20.1 Å². The zero-order valence-corrected chi connectivity index (χ0v) is 15.2. The number of methoxy groups -OCH3 is 1. The second kappa shape index (κ2) is 9.38. The molecular formula is C17H27BrN2O2. The number of piperidine rings is 1. The Morgan fingerprint density at radius 2 is 2.09 bits per heavy atom. The summed E-state index contributed by atoms with van der Waals surface area (Å²) in [6.45, 7) is 7.02. The zero-order valence-electron chi connectivity index (χ0n) is 13.6. The van der Waals surface area contributed by atoms with Gasteiger partial charge in [-0.3, -0.25) is 0 Å². The molecule has 1 saturated heterocycles. The first kappa shape index (κ1) is 17.6. The molecule has 2 N–H and O–H groups in total. The lowest BCUT2D eigenvalue weighted by atomic mass is 9.98. The van der Waals surface area contributed by atoms with Gasteiger partial charge in [0.05, 0.1) is 18.2 Å². The summed E-state index contributed by atoms with van der Waals surface area (Å²) in [5, 5.41) is 6.97. The summed E-state index contributed by atoms with van der Waals surface area (Å²) in [5.41, 5.74) is 1.21. The van der Waals surface area contributed by atoms with Gasteiger partial charge in [-0.15, -0.1) is 0 Å². The number of halogens is 1. The molecule has 0 spiro atoms. The Morgan fingerprint density at radius 3 is 2.77 bits per heavy atom. The van der Waals surface area contributed by atoms with Crippen LogP contribution in [0.2, 0.25) is 0 Å². The van der Waals surface area contributed by atoms with E-state index in [1.54, 1.807) is 7.11 Å². The second-order valence-corrected chi connectivity index (χ2v) is 6.64. The maximum absolute atomic E-state index is 5.76. The summed E-state index contributed by atoms with van der Waals surface area (Å²) in [7, 11) is 1.69. The fraction of sp³-hybridized carbons (Fsp3) is 0.647. The second-order valence-electron chi connectivity index (χ2n) is 5.78. The zero-order chi connectivity index (χ0) is 15.8. The average Bonchev–Trinajstić information content (AvgIpc) is 2.54. The van der Waals surface area contributed by atoms with Crippen molar-refractivity contribution in [2.24, 2.45) is 5.92 Å². The van der Waals surface area contributed by atoms with E-state index in [1.165, 1.54) is 18.4 Å². The monoisotopic (exact) mass is 370 g/mol. The van der Waals surface area contributed by atoms with Gasteiger partial charge in [0.2, 0.25) is 0 Å². The van der Waals surface area contributed by atoms with Gasteiger partial charge in [0, 0.05) is 6.54 Å². The predicted molar refractivity (Wildman–Crippen MR) is 93.8 cm³/mol. The van der Waals surface area contributed by atoms with Gasteiger partial charge in [-0.2, -0.15) is 0 Å². The van der Waals surface area contributed by atoms with Crippen molar-refractivity contribution in [2.45, 2.75) is 32.7 Å². The molecule has 1 aliphatic heterocycles. The summed E-state index contributed by atoms with van der Waals surface area (Å²) in [6, 6.07) is 4.17. The van der Waals surface area contributed by atoms with Crippen molar-refractivity contribution in [1.29, 1.82) is 0 Å². The molecule has 0 amide bonds. The van der Waals surface area contributed by atoms with Crippen LogP contribution in [0.1, 0.15) is 31.7 Å². The third-order valence-corrected chi connectivity index (χ3v) is 4.55. The molecule has 0 saturated carbocycles. The minimum Gasteiger partial charge on any atom is -0.493 e. The van der Waals surface area contributed by atoms with Gasteiger partial charge in [0.25, 0.3) is 0 Å². The lowest BCUT2D eigenvalue weighted by Crippen LogP contribution is -2.33. The van der Waals surface area contributed by atoms with E-state index in [0.717, 1.165) is 54.5 Å². The highest BCUT2D eigenvalue weighted by Gasteiger charge is 2.14. The lowest BCUT2D eigenvalue weighted by Gasteiger charge is -2.23. The van der Waals surface area contributed by atoms with Gasteiger partial charge >= 0.3 is 0 Å². The molecule has 0 aromatic heterocycles. The molecule has 1 heterocycles. The van der Waals surface area contributed by atoms with Crippen molar-refractivity contribution in [1.82, 2.24) is 10.6 Å². The molecule has 2 rings (SSSR count). The van der Waals surface area contributed by atoms with Crippen LogP contribution in [-0.2, 0) is 6.54 Å². The predicted octanol–water partition coefficient (Wildman–Crippen LogP) is 3.34. The molecular weight excluding hydrogens is 344 g/mol. The Balaban J connectivity index is 1.91. The fourth-order valence-electron chi connectivity index (χ4n) is 2.73. The largest absolute Gasteiger partial charge is 0.493 e. The highest BCUT2D eigenvalue weighted by molar-refractivity contribution is 9.10. The molecule has 0 bridgehead atoms. The van der Waals surface area contributed by atoms with E-state index in [-0.39, 0.29) is 0 Å². The average molecular weight is 371 g/mol. The summed E-state index contributed by atoms with van der Waals surface area (Å²) in [6.07, 6.45) is 3.52. The number of benzene rings is 1. The van der Waals surface area contributed by atoms with Crippen molar-refractivity contribution in [3.8, 4) is 11.5 Å². The molecule has 0 unspecified atom stereocenters. The lowest BCUT2D eigenvalue weighted by molar-refractivity contribution is 0.292. The first-order valence-electron chi connectivity index (χ1n) is 8.15. The van der Waals surface area contributed by atoms with Crippen LogP contribution in [0, 0.1) is 5.92 Å². The third kappa shape index (κ3) is 5.14. The first-order valence-corrected chi connectivity index (χ1v) is 8.94. The summed E-state index contributed by atoms with van der Waals surface area (Å²) in [4.78, 5) is 0. The Morgan fingerprint density at radius 1 is 1.32 bits per heavy atom. The first-order chi connectivity index (χ1) is 10.7. The quantitative estimate of drug-likeness (QED) is 0.736. The Hall–Kier alpha value is -0.780. The standard InChI is InChI=1S/C17H27BrN2O2/c1-3-8-22-17-15(18)9-14(10-16(17)21-2)12-20-11-13-4-6-19-7-5-13/h9-10,13,19-20H,3-8,11-12H2,1-2H3. The molecule has 1 aliphatic rings. The fourth-order valence-corrected chi connectivity index (χ4v) is 3.33. The van der Waals surface area contributed by atoms with Gasteiger partial charge in [0.1, 0.15) is 0 Å². The van der Waals surface area contributed by atoms with Gasteiger partial charge in [-0.1, -0.05) is 6.92 Å². The van der Waals surface area contributed by atoms with E-state index in [9.17, 15) is 0 Å². The van der Waals surface area contributed by atoms with Crippen LogP contribution in [0.25, 0.3) is 0 Å². The molecule has 4 nitrogen and oxygen atoms in total. The Kier molecular flexibility index (Phi) is 7.49. The number of rotatable bonds is 8. The highest BCUT2D eigenvalue weighted by atomic mass is 79.9. The molecule has 0 aliphatic carbocycles. The number of hydrogen-bond donors (Lipinski definition) is 2. The molecule has 1 aromatic carbocycles. The van der Waals surface area contributed by atoms with Crippen LogP contribution in [0.4, 0.5) is 0 Å². The van der Waals surface area contributed by atoms with Gasteiger partial charge in [-0.25, -0.2) is 0 Å². The number of ether oxygens (including phenoxy) is 2. The maximum atomic E-state index is 5.76. The van der Waals surface area contributed by atoms with Crippen LogP contribution in [-0.4, -0.2) is 33.4 Å². The molecule has 22 heavy (non-hydrogen) atoms. The molecule has 5 heteroatoms. The summed E-state index contributed by atoms with van der Waals surface area (Å²) < 4.78 is 12.2. The molecule has 0 atom stereocenters. The van der Waals surface area contributed by atoms with Gasteiger partial charge in [0.15, 0.2) is 11.5 Å². The van der Waals surface area contributed by atoms with Crippen LogP contribution in [0.15, 0.2) is 16.6 Å². The van der Waals surface area contributed by atoms with E-state index in [1.807, 2.05) is 0 Å². The third-order valence-electron chi connectivity index (χ3n) is 3.96. The minimum absolute atomic E-state index is 0.697. The highest BCUT2D eigenvalue weighted by Crippen LogP contribution is 2.36. The minimum atomic E-state index is 0.697. The van der Waals surface area contributed by atoms with E-state index in [0.29, 0.717) is 6.61 Å². The van der Waals surface area contributed by atoms with Crippen molar-refractivity contribution in [2.75, 3.05) is 33.4 Å². The molecule has 1 fully saturated rings. The van der Waals surface area contributed by atoms with Crippen molar-refractivity contribution >= 4 is 15.9 Å². The van der Waals surface area contributed by atoms with Crippen molar-refractivity contribution < 1.29 is 9.47 Å². The number of nitrogens with one attached hydrogen (secondary N) is 2. The summed E-state index contributed by atoms with van der Waals surface area (Å²) >= 11 is 3.60. The normalized spacial score (nSPS) is 15.8. The number of hydrogen-bond acceptors (Lipinski definition) is 4. The molecule has 0 radical (unpaired) electrons. The van der Waals surface area contributed by atoms with Crippen LogP contribution in [0.3, 0.4) is 0 Å². The topological polar surface area (TPSA) is 42.5 Å². The maximum Gasteiger partial charge on any atom is 0.175 e.